The fraction of sp³-hybridized carbons (Fsp3) is 0.308. The predicted molar refractivity (Wildman–Crippen MR) is 63.6 cm³/mol. The summed E-state index contributed by atoms with van der Waals surface area (Å²) in [6.45, 7) is 3.10. The lowest BCUT2D eigenvalue weighted by atomic mass is 10.1. The molecule has 0 amide bonds. The van der Waals surface area contributed by atoms with Gasteiger partial charge in [0, 0.05) is 23.6 Å². The summed E-state index contributed by atoms with van der Waals surface area (Å²) >= 11 is 0. The Morgan fingerprint density at radius 2 is 2.19 bits per heavy atom. The first-order valence-electron chi connectivity index (χ1n) is 5.51. The molecule has 3 nitrogen and oxygen atoms in total. The molecule has 84 valence electrons. The molecule has 1 heterocycles. The van der Waals surface area contributed by atoms with E-state index in [4.69, 9.17) is 5.11 Å². The van der Waals surface area contributed by atoms with Crippen LogP contribution in [0.5, 0.6) is 0 Å². The van der Waals surface area contributed by atoms with Gasteiger partial charge in [-0.25, -0.2) is 0 Å². The van der Waals surface area contributed by atoms with Crippen LogP contribution in [0, 0.1) is 0 Å². The maximum absolute atomic E-state index is 10.7. The monoisotopic (exact) mass is 217 g/mol. The summed E-state index contributed by atoms with van der Waals surface area (Å²) in [5.74, 6) is -0.782. The number of aromatic nitrogens is 1. The molecule has 0 saturated carbocycles. The average molecular weight is 217 g/mol. The van der Waals surface area contributed by atoms with E-state index < -0.39 is 5.97 Å². The van der Waals surface area contributed by atoms with Crippen molar-refractivity contribution in [3.63, 3.8) is 0 Å². The summed E-state index contributed by atoms with van der Waals surface area (Å²) in [6, 6.07) is 7.85. The minimum Gasteiger partial charge on any atom is -0.481 e. The highest BCUT2D eigenvalue weighted by Gasteiger charge is 2.07. The van der Waals surface area contributed by atoms with E-state index in [-0.39, 0.29) is 6.42 Å². The van der Waals surface area contributed by atoms with Gasteiger partial charge in [0.2, 0.25) is 0 Å². The van der Waals surface area contributed by atoms with Gasteiger partial charge >= 0.3 is 5.97 Å². The van der Waals surface area contributed by atoms with Crippen LogP contribution in [0.2, 0.25) is 0 Å². The molecule has 0 bridgehead atoms. The summed E-state index contributed by atoms with van der Waals surface area (Å²) < 4.78 is 2.17. The highest BCUT2D eigenvalue weighted by Crippen LogP contribution is 2.21. The minimum absolute atomic E-state index is 0.0908. The van der Waals surface area contributed by atoms with Gasteiger partial charge in [-0.3, -0.25) is 4.79 Å². The fourth-order valence-corrected chi connectivity index (χ4v) is 2.04. The van der Waals surface area contributed by atoms with E-state index in [2.05, 4.69) is 11.5 Å². The van der Waals surface area contributed by atoms with E-state index in [9.17, 15) is 4.79 Å². The van der Waals surface area contributed by atoms with Crippen LogP contribution >= 0.6 is 0 Å². The Kier molecular flexibility index (Phi) is 2.95. The molecule has 1 N–H and O–H groups in total. The van der Waals surface area contributed by atoms with Crippen LogP contribution < -0.4 is 0 Å². The van der Waals surface area contributed by atoms with Crippen molar-refractivity contribution in [1.82, 2.24) is 4.57 Å². The first kappa shape index (κ1) is 10.7. The number of rotatable bonds is 4. The lowest BCUT2D eigenvalue weighted by molar-refractivity contribution is -0.136. The highest BCUT2D eigenvalue weighted by atomic mass is 16.4. The third-order valence-corrected chi connectivity index (χ3v) is 2.71. The van der Waals surface area contributed by atoms with Crippen molar-refractivity contribution < 1.29 is 9.90 Å². The Hall–Kier alpha value is -1.77. The van der Waals surface area contributed by atoms with Crippen LogP contribution in [0.25, 0.3) is 10.9 Å². The number of hydrogen-bond acceptors (Lipinski definition) is 1. The number of carboxylic acids is 1. The van der Waals surface area contributed by atoms with Crippen molar-refractivity contribution in [2.24, 2.45) is 0 Å². The first-order chi connectivity index (χ1) is 7.72. The quantitative estimate of drug-likeness (QED) is 0.855. The van der Waals surface area contributed by atoms with Gasteiger partial charge in [0.15, 0.2) is 0 Å². The second-order valence-corrected chi connectivity index (χ2v) is 3.93. The van der Waals surface area contributed by atoms with Crippen LogP contribution in [0.4, 0.5) is 0 Å². The van der Waals surface area contributed by atoms with Crippen LogP contribution in [0.3, 0.4) is 0 Å². The van der Waals surface area contributed by atoms with Gasteiger partial charge in [-0.05, 0) is 24.1 Å². The summed E-state index contributed by atoms with van der Waals surface area (Å²) in [4.78, 5) is 10.7. The number of hydrogen-bond donors (Lipinski definition) is 1. The smallest absolute Gasteiger partial charge is 0.307 e. The van der Waals surface area contributed by atoms with E-state index >= 15 is 0 Å². The van der Waals surface area contributed by atoms with E-state index in [1.54, 1.807) is 0 Å². The van der Waals surface area contributed by atoms with Crippen molar-refractivity contribution >= 4 is 16.9 Å². The molecule has 0 unspecified atom stereocenters. The zero-order chi connectivity index (χ0) is 11.5. The zero-order valence-corrected chi connectivity index (χ0v) is 9.31. The molecule has 0 fully saturated rings. The lowest BCUT2D eigenvalue weighted by Gasteiger charge is -2.04. The molecule has 0 aliphatic rings. The van der Waals surface area contributed by atoms with Gasteiger partial charge in [0.05, 0.1) is 6.42 Å². The summed E-state index contributed by atoms with van der Waals surface area (Å²) in [7, 11) is 0. The van der Waals surface area contributed by atoms with Gasteiger partial charge in [-0.1, -0.05) is 19.1 Å². The zero-order valence-electron chi connectivity index (χ0n) is 9.31. The van der Waals surface area contributed by atoms with Crippen LogP contribution in [0.1, 0.15) is 18.9 Å². The lowest BCUT2D eigenvalue weighted by Crippen LogP contribution is -2.00. The van der Waals surface area contributed by atoms with Crippen LogP contribution in [-0.4, -0.2) is 15.6 Å². The molecule has 0 saturated heterocycles. The SMILES string of the molecule is CCCn1ccc2c(CC(=O)O)cccc21. The molecule has 0 aliphatic heterocycles. The number of fused-ring (bicyclic) bond motifs is 1. The normalized spacial score (nSPS) is 10.8. The van der Waals surface area contributed by atoms with Crippen LogP contribution in [-0.2, 0) is 17.8 Å². The maximum Gasteiger partial charge on any atom is 0.307 e. The molecule has 1 aromatic carbocycles. The third kappa shape index (κ3) is 1.94. The summed E-state index contributed by atoms with van der Waals surface area (Å²) in [5, 5.41) is 9.88. The third-order valence-electron chi connectivity index (χ3n) is 2.71. The van der Waals surface area contributed by atoms with E-state index in [1.165, 1.54) is 0 Å². The number of aliphatic carboxylic acids is 1. The summed E-state index contributed by atoms with van der Waals surface area (Å²) in [5.41, 5.74) is 2.01. The van der Waals surface area contributed by atoms with Crippen molar-refractivity contribution in [3.8, 4) is 0 Å². The largest absolute Gasteiger partial charge is 0.481 e. The van der Waals surface area contributed by atoms with Gasteiger partial charge in [0.1, 0.15) is 0 Å². The Morgan fingerprint density at radius 3 is 2.88 bits per heavy atom. The second-order valence-electron chi connectivity index (χ2n) is 3.93. The second kappa shape index (κ2) is 4.39. The van der Waals surface area contributed by atoms with E-state index in [0.717, 1.165) is 29.4 Å². The van der Waals surface area contributed by atoms with Crippen molar-refractivity contribution in [3.05, 3.63) is 36.0 Å². The summed E-state index contributed by atoms with van der Waals surface area (Å²) in [6.07, 6.45) is 3.19. The standard InChI is InChI=1S/C13H15NO2/c1-2-7-14-8-6-11-10(9-13(15)16)4-3-5-12(11)14/h3-6,8H,2,7,9H2,1H3,(H,15,16). The van der Waals surface area contributed by atoms with Crippen LogP contribution in [0.15, 0.2) is 30.5 Å². The Morgan fingerprint density at radius 1 is 1.38 bits per heavy atom. The van der Waals surface area contributed by atoms with E-state index in [1.807, 2.05) is 30.5 Å². The Balaban J connectivity index is 2.48. The van der Waals surface area contributed by atoms with E-state index in [0.29, 0.717) is 0 Å². The number of nitrogens with zero attached hydrogens (tertiary/aromatic N) is 1. The molecule has 0 atom stereocenters. The molecular formula is C13H15NO2. The highest BCUT2D eigenvalue weighted by molar-refractivity contribution is 5.87. The molecule has 16 heavy (non-hydrogen) atoms. The van der Waals surface area contributed by atoms with Crippen molar-refractivity contribution in [2.75, 3.05) is 0 Å². The topological polar surface area (TPSA) is 42.2 Å². The fourth-order valence-electron chi connectivity index (χ4n) is 2.04. The Bertz CT molecular complexity index is 514. The molecule has 0 aliphatic carbocycles. The Labute approximate surface area is 94.3 Å². The van der Waals surface area contributed by atoms with Gasteiger partial charge in [0.25, 0.3) is 0 Å². The van der Waals surface area contributed by atoms with Crippen molar-refractivity contribution in [2.45, 2.75) is 26.3 Å². The molecule has 0 radical (unpaired) electrons. The number of benzene rings is 1. The molecule has 2 rings (SSSR count). The molecule has 0 spiro atoms. The maximum atomic E-state index is 10.7. The average Bonchev–Trinajstić information content (AvgIpc) is 2.63. The number of carboxylic acid groups (broad SMARTS) is 1. The molecule has 2 aromatic rings. The first-order valence-corrected chi connectivity index (χ1v) is 5.51. The number of aryl methyl sites for hydroxylation is 1. The van der Waals surface area contributed by atoms with Gasteiger partial charge < -0.3 is 9.67 Å². The minimum atomic E-state index is -0.782. The number of carbonyl (C=O) groups is 1. The van der Waals surface area contributed by atoms with Gasteiger partial charge in [-0.2, -0.15) is 0 Å². The molecule has 1 aromatic heterocycles. The predicted octanol–water partition coefficient (Wildman–Crippen LogP) is 2.68. The molecule has 3 heteroatoms. The van der Waals surface area contributed by atoms with Gasteiger partial charge in [-0.15, -0.1) is 0 Å². The molecular weight excluding hydrogens is 202 g/mol. The van der Waals surface area contributed by atoms with Crippen molar-refractivity contribution in [1.29, 1.82) is 0 Å².